The zero-order valence-corrected chi connectivity index (χ0v) is 16.0. The third-order valence-corrected chi connectivity index (χ3v) is 10.8. The van der Waals surface area contributed by atoms with Gasteiger partial charge in [-0.15, -0.1) is 5.10 Å². The van der Waals surface area contributed by atoms with E-state index in [0.717, 1.165) is 30.7 Å². The predicted octanol–water partition coefficient (Wildman–Crippen LogP) is 1.92. The quantitative estimate of drug-likeness (QED) is 0.694. The van der Waals surface area contributed by atoms with Crippen LogP contribution in [0.1, 0.15) is 38.5 Å². The fraction of sp³-hybridized carbons (Fsp3) is 0.667. The average Bonchev–Trinajstić information content (AvgIpc) is 3.49. The Hall–Kier alpha value is -1.27. The van der Waals surface area contributed by atoms with E-state index in [4.69, 9.17) is 4.62 Å². The number of aromatic nitrogens is 3. The summed E-state index contributed by atoms with van der Waals surface area (Å²) in [5, 5.41) is 20.1. The molecule has 3 atom stereocenters. The van der Waals surface area contributed by atoms with Gasteiger partial charge in [0, 0.05) is 19.3 Å². The number of rotatable bonds is 5. The molecule has 3 unspecified atom stereocenters. The molecule has 5 rings (SSSR count). The van der Waals surface area contributed by atoms with Crippen molar-refractivity contribution in [3.8, 4) is 0 Å². The molecule has 3 aliphatic rings. The molecule has 2 aromatic rings. The highest BCUT2D eigenvalue weighted by Gasteiger charge is 2.64. The molecule has 3 aliphatic heterocycles. The van der Waals surface area contributed by atoms with E-state index in [2.05, 4.69) is 32.3 Å². The normalized spacial score (nSPS) is 31.5. The maximum atomic E-state index is 6.97. The van der Waals surface area contributed by atoms with E-state index in [1.807, 2.05) is 18.2 Å². The first kappa shape index (κ1) is 16.9. The van der Waals surface area contributed by atoms with Crippen molar-refractivity contribution in [2.45, 2.75) is 55.9 Å². The molecular formula is C18H28N6OP+. The molecular weight excluding hydrogens is 347 g/mol. The van der Waals surface area contributed by atoms with E-state index < -0.39 is 7.49 Å². The lowest BCUT2D eigenvalue weighted by Crippen LogP contribution is -2.48. The van der Waals surface area contributed by atoms with Gasteiger partial charge in [0.05, 0.1) is 0 Å². The van der Waals surface area contributed by atoms with Crippen molar-refractivity contribution in [2.75, 3.05) is 19.6 Å². The molecule has 0 aliphatic carbocycles. The minimum Gasteiger partial charge on any atom is -0.280 e. The number of nitrogens with one attached hydrogen (secondary N) is 3. The van der Waals surface area contributed by atoms with E-state index in [1.165, 1.54) is 38.5 Å². The predicted molar refractivity (Wildman–Crippen MR) is 104 cm³/mol. The van der Waals surface area contributed by atoms with Crippen LogP contribution in [0.15, 0.2) is 24.3 Å². The average molecular weight is 375 g/mol. The summed E-state index contributed by atoms with van der Waals surface area (Å²) in [6, 6.07) is 8.08. The summed E-state index contributed by atoms with van der Waals surface area (Å²) in [6.45, 7) is 3.27. The summed E-state index contributed by atoms with van der Waals surface area (Å²) in [5.41, 5.74) is 1.86. The molecule has 0 saturated carbocycles. The third-order valence-electron chi connectivity index (χ3n) is 6.10. The summed E-state index contributed by atoms with van der Waals surface area (Å²) in [6.07, 6.45) is 7.26. The Morgan fingerprint density at radius 2 is 1.46 bits per heavy atom. The zero-order valence-electron chi connectivity index (χ0n) is 15.1. The van der Waals surface area contributed by atoms with Gasteiger partial charge >= 0.3 is 0 Å². The van der Waals surface area contributed by atoms with Crippen molar-refractivity contribution in [2.24, 2.45) is 0 Å². The molecule has 0 bridgehead atoms. The molecule has 8 heteroatoms. The van der Waals surface area contributed by atoms with Gasteiger partial charge in [0.15, 0.2) is 17.3 Å². The second kappa shape index (κ2) is 7.04. The zero-order chi connectivity index (χ0) is 17.4. The minimum atomic E-state index is -1.91. The lowest BCUT2D eigenvalue weighted by molar-refractivity contribution is 0.238. The Morgan fingerprint density at radius 3 is 2.00 bits per heavy atom. The Labute approximate surface area is 154 Å². The molecule has 3 saturated heterocycles. The highest BCUT2D eigenvalue weighted by Crippen LogP contribution is 2.71. The number of para-hydroxylation sites is 1. The second-order valence-electron chi connectivity index (χ2n) is 7.63. The Kier molecular flexibility index (Phi) is 4.57. The number of benzene rings is 1. The monoisotopic (exact) mass is 375 g/mol. The van der Waals surface area contributed by atoms with Crippen LogP contribution in [0.5, 0.6) is 0 Å². The lowest BCUT2D eigenvalue weighted by atomic mass is 10.3. The van der Waals surface area contributed by atoms with Crippen LogP contribution in [-0.2, 0) is 0 Å². The first-order valence-electron chi connectivity index (χ1n) is 9.97. The van der Waals surface area contributed by atoms with Crippen LogP contribution in [0.3, 0.4) is 0 Å². The van der Waals surface area contributed by atoms with Crippen LogP contribution in [0, 0.1) is 0 Å². The van der Waals surface area contributed by atoms with Crippen LogP contribution in [0.4, 0.5) is 0 Å². The molecule has 1 aromatic carbocycles. The molecule has 7 nitrogen and oxygen atoms in total. The van der Waals surface area contributed by atoms with E-state index in [9.17, 15) is 0 Å². The van der Waals surface area contributed by atoms with Gasteiger partial charge in [-0.2, -0.15) is 0 Å². The molecule has 26 heavy (non-hydrogen) atoms. The van der Waals surface area contributed by atoms with Gasteiger partial charge in [-0.1, -0.05) is 12.1 Å². The molecule has 0 spiro atoms. The number of fused-ring (bicyclic) bond motifs is 1. The smallest absolute Gasteiger partial charge is 0.275 e. The number of nitrogens with zero attached hydrogens (tertiary/aromatic N) is 3. The first-order valence-corrected chi connectivity index (χ1v) is 11.9. The molecule has 0 radical (unpaired) electrons. The Morgan fingerprint density at radius 1 is 0.885 bits per heavy atom. The van der Waals surface area contributed by atoms with Crippen molar-refractivity contribution in [1.82, 2.24) is 31.1 Å². The van der Waals surface area contributed by atoms with E-state index >= 15 is 0 Å². The van der Waals surface area contributed by atoms with E-state index in [1.54, 1.807) is 4.85 Å². The third kappa shape index (κ3) is 2.73. The van der Waals surface area contributed by atoms with Crippen molar-refractivity contribution in [1.29, 1.82) is 0 Å². The summed E-state index contributed by atoms with van der Waals surface area (Å²) < 4.78 is 6.97. The van der Waals surface area contributed by atoms with E-state index in [0.29, 0.717) is 17.3 Å². The van der Waals surface area contributed by atoms with Crippen molar-refractivity contribution < 1.29 is 4.62 Å². The largest absolute Gasteiger partial charge is 0.280 e. The standard InChI is InChI=1S/C18H28N6OP/c1-2-7-15-14(6-1)22-23-24(15)25-26(16-8-3-11-19-16,17-9-4-12-20-17)18-10-5-13-21-18/h1-2,6-7,16-21H,3-5,8-13H2/q+1. The highest BCUT2D eigenvalue weighted by atomic mass is 31.2. The number of hydrogen-bond donors (Lipinski definition) is 3. The van der Waals surface area contributed by atoms with Gasteiger partial charge in [-0.05, 0) is 61.1 Å². The van der Waals surface area contributed by atoms with Gasteiger partial charge in [-0.25, -0.2) is 4.62 Å². The molecule has 140 valence electrons. The van der Waals surface area contributed by atoms with Crippen LogP contribution in [0.25, 0.3) is 11.0 Å². The van der Waals surface area contributed by atoms with Crippen molar-refractivity contribution >= 4 is 18.5 Å². The summed E-state index contributed by atoms with van der Waals surface area (Å²) in [7, 11) is -1.91. The molecule has 1 aromatic heterocycles. The van der Waals surface area contributed by atoms with Gasteiger partial charge < -0.3 is 0 Å². The van der Waals surface area contributed by atoms with Gasteiger partial charge in [0.2, 0.25) is 0 Å². The second-order valence-corrected chi connectivity index (χ2v) is 11.2. The van der Waals surface area contributed by atoms with E-state index in [-0.39, 0.29) is 0 Å². The minimum absolute atomic E-state index is 0.427. The molecule has 3 N–H and O–H groups in total. The molecule has 3 fully saturated rings. The van der Waals surface area contributed by atoms with Crippen LogP contribution < -0.4 is 20.6 Å². The van der Waals surface area contributed by atoms with Gasteiger partial charge in [0.1, 0.15) is 11.0 Å². The fourth-order valence-electron chi connectivity index (χ4n) is 4.90. The highest BCUT2D eigenvalue weighted by molar-refractivity contribution is 7.73. The van der Waals surface area contributed by atoms with Crippen molar-refractivity contribution in [3.05, 3.63) is 24.3 Å². The fourth-order valence-corrected chi connectivity index (χ4v) is 9.93. The summed E-state index contributed by atoms with van der Waals surface area (Å²) in [5.74, 6) is 1.28. The van der Waals surface area contributed by atoms with Crippen LogP contribution in [-0.4, -0.2) is 52.1 Å². The Bertz CT molecular complexity index is 708. The SMILES string of the molecule is c1ccc2c(c1)nnn2O[P+](C1CCCN1)(C1CCCN1)C1CCCN1. The molecule has 0 amide bonds. The first-order chi connectivity index (χ1) is 12.9. The summed E-state index contributed by atoms with van der Waals surface area (Å²) >= 11 is 0. The van der Waals surface area contributed by atoms with Crippen LogP contribution >= 0.6 is 7.49 Å². The van der Waals surface area contributed by atoms with Crippen molar-refractivity contribution in [3.63, 3.8) is 0 Å². The molecule has 4 heterocycles. The lowest BCUT2D eigenvalue weighted by Gasteiger charge is -2.37. The van der Waals surface area contributed by atoms with Crippen LogP contribution in [0.2, 0.25) is 0 Å². The van der Waals surface area contributed by atoms with Gasteiger partial charge in [-0.3, -0.25) is 16.0 Å². The topological polar surface area (TPSA) is 76.0 Å². The maximum absolute atomic E-state index is 6.97. The van der Waals surface area contributed by atoms with Gasteiger partial charge in [0.25, 0.3) is 7.49 Å². The maximum Gasteiger partial charge on any atom is 0.275 e. The number of hydrogen-bond acceptors (Lipinski definition) is 6. The Balaban J connectivity index is 1.59. The summed E-state index contributed by atoms with van der Waals surface area (Å²) in [4.78, 5) is 1.73.